The van der Waals surface area contributed by atoms with Crippen molar-refractivity contribution in [3.63, 3.8) is 0 Å². The highest BCUT2D eigenvalue weighted by atomic mass is 19.4. The molecule has 1 saturated heterocycles. The second-order valence-corrected chi connectivity index (χ2v) is 6.53. The van der Waals surface area contributed by atoms with E-state index in [0.717, 1.165) is 18.8 Å². The standard InChI is InChI=1S/C19H21F4N5O/c20-15-2-4-16(5-3-15)27-7-9-28(10-8-27)18(24)26-12-14-1-6-17(25-11-14)29-13-19(21,22)23/h1-6,11H,7-10,12-13H2,(H2,24,26). The number of hydrogen-bond acceptors (Lipinski definition) is 4. The van der Waals surface area contributed by atoms with Crippen LogP contribution in [0.1, 0.15) is 5.56 Å². The topological polar surface area (TPSA) is 67.0 Å². The second kappa shape index (κ2) is 8.97. The molecule has 2 aromatic rings. The van der Waals surface area contributed by atoms with E-state index < -0.39 is 12.8 Å². The van der Waals surface area contributed by atoms with Gasteiger partial charge >= 0.3 is 6.18 Å². The highest BCUT2D eigenvalue weighted by Crippen LogP contribution is 2.18. The molecule has 6 nitrogen and oxygen atoms in total. The molecule has 1 aliphatic rings. The molecule has 0 bridgehead atoms. The number of rotatable bonds is 5. The van der Waals surface area contributed by atoms with Gasteiger partial charge in [0.25, 0.3) is 0 Å². The van der Waals surface area contributed by atoms with Crippen LogP contribution in [0, 0.1) is 5.82 Å². The van der Waals surface area contributed by atoms with Crippen molar-refractivity contribution in [1.82, 2.24) is 9.88 Å². The molecule has 0 unspecified atom stereocenters. The van der Waals surface area contributed by atoms with Gasteiger partial charge < -0.3 is 20.3 Å². The third kappa shape index (κ3) is 6.23. The molecule has 0 atom stereocenters. The summed E-state index contributed by atoms with van der Waals surface area (Å²) in [5, 5.41) is 0. The van der Waals surface area contributed by atoms with E-state index in [1.54, 1.807) is 18.2 Å². The zero-order chi connectivity index (χ0) is 20.9. The molecule has 1 aromatic heterocycles. The van der Waals surface area contributed by atoms with Gasteiger partial charge in [-0.05, 0) is 29.8 Å². The Morgan fingerprint density at radius 2 is 1.76 bits per heavy atom. The van der Waals surface area contributed by atoms with Gasteiger partial charge in [0, 0.05) is 44.1 Å². The average molecular weight is 411 g/mol. The number of nitrogens with zero attached hydrogens (tertiary/aromatic N) is 4. The van der Waals surface area contributed by atoms with Crippen LogP contribution < -0.4 is 15.4 Å². The van der Waals surface area contributed by atoms with Crippen LogP contribution >= 0.6 is 0 Å². The maximum atomic E-state index is 13.0. The van der Waals surface area contributed by atoms with E-state index in [1.807, 2.05) is 4.90 Å². The number of benzene rings is 1. The number of alkyl halides is 3. The third-order valence-corrected chi connectivity index (χ3v) is 4.40. The Morgan fingerprint density at radius 1 is 1.07 bits per heavy atom. The molecule has 0 spiro atoms. The first-order chi connectivity index (χ1) is 13.8. The lowest BCUT2D eigenvalue weighted by Gasteiger charge is -2.36. The van der Waals surface area contributed by atoms with Crippen molar-refractivity contribution < 1.29 is 22.3 Å². The Kier molecular flexibility index (Phi) is 6.40. The van der Waals surface area contributed by atoms with Crippen molar-refractivity contribution in [3.05, 3.63) is 54.0 Å². The number of pyridine rings is 1. The number of anilines is 1. The first kappa shape index (κ1) is 20.7. The second-order valence-electron chi connectivity index (χ2n) is 6.53. The fourth-order valence-corrected chi connectivity index (χ4v) is 2.86. The Hall–Kier alpha value is -3.04. The number of guanidine groups is 1. The van der Waals surface area contributed by atoms with Gasteiger partial charge in [-0.1, -0.05) is 6.07 Å². The molecule has 2 heterocycles. The number of hydrogen-bond donors (Lipinski definition) is 1. The van der Waals surface area contributed by atoms with E-state index in [1.165, 1.54) is 24.4 Å². The minimum atomic E-state index is -4.40. The number of piperazine rings is 1. The molecule has 3 rings (SSSR count). The largest absolute Gasteiger partial charge is 0.468 e. The molecule has 10 heteroatoms. The number of aliphatic imine (C=N–C) groups is 1. The molecule has 0 amide bonds. The normalized spacial score (nSPS) is 15.5. The molecular formula is C19H21F4N5O. The molecule has 1 fully saturated rings. The molecule has 0 saturated carbocycles. The molecule has 0 aliphatic carbocycles. The lowest BCUT2D eigenvalue weighted by molar-refractivity contribution is -0.154. The fourth-order valence-electron chi connectivity index (χ4n) is 2.86. The molecule has 0 radical (unpaired) electrons. The van der Waals surface area contributed by atoms with E-state index in [-0.39, 0.29) is 18.2 Å². The summed E-state index contributed by atoms with van der Waals surface area (Å²) in [5.41, 5.74) is 7.73. The summed E-state index contributed by atoms with van der Waals surface area (Å²) in [6, 6.07) is 9.33. The molecule has 29 heavy (non-hydrogen) atoms. The first-order valence-electron chi connectivity index (χ1n) is 9.00. The van der Waals surface area contributed by atoms with Crippen LogP contribution in [0.2, 0.25) is 0 Å². The van der Waals surface area contributed by atoms with Gasteiger partial charge in [0.15, 0.2) is 12.6 Å². The summed E-state index contributed by atoms with van der Waals surface area (Å²) in [7, 11) is 0. The maximum Gasteiger partial charge on any atom is 0.422 e. The van der Waals surface area contributed by atoms with Crippen LogP contribution in [0.4, 0.5) is 23.2 Å². The Balaban J connectivity index is 1.48. The first-order valence-corrected chi connectivity index (χ1v) is 9.00. The average Bonchev–Trinajstić information content (AvgIpc) is 2.71. The van der Waals surface area contributed by atoms with E-state index >= 15 is 0 Å². The monoisotopic (exact) mass is 411 g/mol. The van der Waals surface area contributed by atoms with Crippen molar-refractivity contribution in [3.8, 4) is 5.88 Å². The highest BCUT2D eigenvalue weighted by molar-refractivity contribution is 5.78. The summed E-state index contributed by atoms with van der Waals surface area (Å²) in [5.74, 6) is 0.0271. The van der Waals surface area contributed by atoms with Crippen LogP contribution in [0.25, 0.3) is 0 Å². The van der Waals surface area contributed by atoms with Gasteiger partial charge in [-0.25, -0.2) is 14.4 Å². The Morgan fingerprint density at radius 3 is 2.34 bits per heavy atom. The molecule has 1 aromatic carbocycles. The summed E-state index contributed by atoms with van der Waals surface area (Å²) in [4.78, 5) is 12.3. The van der Waals surface area contributed by atoms with Crippen LogP contribution in [-0.2, 0) is 6.54 Å². The number of nitrogens with two attached hydrogens (primary N) is 1. The zero-order valence-electron chi connectivity index (χ0n) is 15.6. The van der Waals surface area contributed by atoms with Gasteiger partial charge in [-0.3, -0.25) is 0 Å². The van der Waals surface area contributed by atoms with Crippen molar-refractivity contribution in [1.29, 1.82) is 0 Å². The predicted octanol–water partition coefficient (Wildman–Crippen LogP) is 2.80. The summed E-state index contributed by atoms with van der Waals surface area (Å²) < 4.78 is 54.0. The van der Waals surface area contributed by atoms with Gasteiger partial charge in [-0.15, -0.1) is 0 Å². The van der Waals surface area contributed by atoms with E-state index in [2.05, 4.69) is 19.6 Å². The smallest absolute Gasteiger partial charge is 0.422 e. The van der Waals surface area contributed by atoms with Crippen molar-refractivity contribution in [2.75, 3.05) is 37.7 Å². The highest BCUT2D eigenvalue weighted by Gasteiger charge is 2.28. The summed E-state index contributed by atoms with van der Waals surface area (Å²) in [6.07, 6.45) is -2.99. The minimum absolute atomic E-state index is 0.0973. The van der Waals surface area contributed by atoms with Crippen molar-refractivity contribution in [2.24, 2.45) is 10.7 Å². The van der Waals surface area contributed by atoms with Crippen LogP contribution in [0.3, 0.4) is 0 Å². The minimum Gasteiger partial charge on any atom is -0.468 e. The van der Waals surface area contributed by atoms with Crippen molar-refractivity contribution in [2.45, 2.75) is 12.7 Å². The lowest BCUT2D eigenvalue weighted by atomic mass is 10.2. The number of halogens is 4. The van der Waals surface area contributed by atoms with Gasteiger partial charge in [0.05, 0.1) is 6.54 Å². The van der Waals surface area contributed by atoms with Gasteiger partial charge in [-0.2, -0.15) is 13.2 Å². The molecular weight excluding hydrogens is 390 g/mol. The number of aromatic nitrogens is 1. The van der Waals surface area contributed by atoms with Crippen LogP contribution in [-0.4, -0.2) is 54.8 Å². The SMILES string of the molecule is NC(=NCc1ccc(OCC(F)(F)F)nc1)N1CCN(c2ccc(F)cc2)CC1. The predicted molar refractivity (Wildman–Crippen MR) is 101 cm³/mol. The van der Waals surface area contributed by atoms with Crippen LogP contribution in [0.15, 0.2) is 47.6 Å². The van der Waals surface area contributed by atoms with Crippen molar-refractivity contribution >= 4 is 11.6 Å². The van der Waals surface area contributed by atoms with E-state index in [4.69, 9.17) is 5.73 Å². The quantitative estimate of drug-likeness (QED) is 0.466. The molecule has 2 N–H and O–H groups in total. The molecule has 156 valence electrons. The summed E-state index contributed by atoms with van der Waals surface area (Å²) >= 11 is 0. The number of ether oxygens (including phenoxy) is 1. The fraction of sp³-hybridized carbons (Fsp3) is 0.368. The van der Waals surface area contributed by atoms with E-state index in [9.17, 15) is 17.6 Å². The Bertz CT molecular complexity index is 816. The third-order valence-electron chi connectivity index (χ3n) is 4.40. The van der Waals surface area contributed by atoms with Crippen LogP contribution in [0.5, 0.6) is 5.88 Å². The molecule has 1 aliphatic heterocycles. The lowest BCUT2D eigenvalue weighted by Crippen LogP contribution is -2.51. The van der Waals surface area contributed by atoms with E-state index in [0.29, 0.717) is 24.6 Å². The summed E-state index contributed by atoms with van der Waals surface area (Å²) in [6.45, 7) is 1.69. The Labute approximate surface area is 165 Å². The maximum absolute atomic E-state index is 13.0. The van der Waals surface area contributed by atoms with Gasteiger partial charge in [0.1, 0.15) is 5.82 Å². The zero-order valence-corrected chi connectivity index (χ0v) is 15.6. The van der Waals surface area contributed by atoms with Gasteiger partial charge in [0.2, 0.25) is 5.88 Å².